The normalized spacial score (nSPS) is 16.4. The van der Waals surface area contributed by atoms with Crippen LogP contribution < -0.4 is 16.4 Å². The maximum Gasteiger partial charge on any atom is 0.265 e. The minimum absolute atomic E-state index is 0.136. The van der Waals surface area contributed by atoms with Crippen molar-refractivity contribution in [1.29, 1.82) is 0 Å². The van der Waals surface area contributed by atoms with Crippen LogP contribution in [0.1, 0.15) is 36.4 Å². The van der Waals surface area contributed by atoms with Crippen molar-refractivity contribution in [2.45, 2.75) is 32.7 Å². The Labute approximate surface area is 123 Å². The van der Waals surface area contributed by atoms with Crippen molar-refractivity contribution in [3.8, 4) is 0 Å². The predicted molar refractivity (Wildman–Crippen MR) is 81.2 cm³/mol. The number of carbonyl (C=O) groups excluding carboxylic acids is 1. The summed E-state index contributed by atoms with van der Waals surface area (Å²) in [6, 6.07) is 0.263. The van der Waals surface area contributed by atoms with Crippen molar-refractivity contribution in [2.75, 3.05) is 30.8 Å². The van der Waals surface area contributed by atoms with E-state index in [1.807, 2.05) is 13.8 Å². The molecular formula is C13H22N4O2S. The Hall–Kier alpha value is -1.34. The minimum Gasteiger partial charge on any atom is -0.382 e. The monoisotopic (exact) mass is 298 g/mol. The zero-order chi connectivity index (χ0) is 14.5. The number of hydrogen-bond acceptors (Lipinski definition) is 6. The van der Waals surface area contributed by atoms with Gasteiger partial charge in [0.1, 0.15) is 10.7 Å². The van der Waals surface area contributed by atoms with Crippen LogP contribution in [-0.2, 0) is 4.74 Å². The molecule has 2 heterocycles. The molecule has 112 valence electrons. The number of ether oxygens (including phenoxy) is 1. The lowest BCUT2D eigenvalue weighted by molar-refractivity contribution is 0.0643. The van der Waals surface area contributed by atoms with Gasteiger partial charge >= 0.3 is 0 Å². The molecule has 0 aliphatic carbocycles. The number of nitrogens with one attached hydrogen (secondary N) is 2. The molecule has 0 aromatic carbocycles. The molecule has 0 bridgehead atoms. The van der Waals surface area contributed by atoms with Gasteiger partial charge in [-0.2, -0.15) is 0 Å². The van der Waals surface area contributed by atoms with Crippen molar-refractivity contribution in [1.82, 2.24) is 10.3 Å². The number of nitrogens with two attached hydrogens (primary N) is 1. The van der Waals surface area contributed by atoms with Crippen LogP contribution >= 0.6 is 11.3 Å². The molecule has 1 aromatic rings. The lowest BCUT2D eigenvalue weighted by Crippen LogP contribution is -2.32. The number of nitrogens with zero attached hydrogens (tertiary/aromatic N) is 1. The molecule has 4 N–H and O–H groups in total. The Morgan fingerprint density at radius 2 is 2.20 bits per heavy atom. The number of amides is 1. The van der Waals surface area contributed by atoms with Crippen molar-refractivity contribution in [3.05, 3.63) is 4.88 Å². The van der Waals surface area contributed by atoms with E-state index in [-0.39, 0.29) is 11.9 Å². The Morgan fingerprint density at radius 3 is 2.85 bits per heavy atom. The summed E-state index contributed by atoms with van der Waals surface area (Å²) in [5.41, 5.74) is 5.81. The number of hydrogen-bond donors (Lipinski definition) is 3. The van der Waals surface area contributed by atoms with E-state index in [2.05, 4.69) is 15.6 Å². The Kier molecular flexibility index (Phi) is 5.19. The second-order valence-corrected chi connectivity index (χ2v) is 6.30. The van der Waals surface area contributed by atoms with Gasteiger partial charge in [-0.3, -0.25) is 4.79 Å². The smallest absolute Gasteiger partial charge is 0.265 e. The summed E-state index contributed by atoms with van der Waals surface area (Å²) in [4.78, 5) is 16.8. The van der Waals surface area contributed by atoms with Crippen molar-refractivity contribution in [3.63, 3.8) is 0 Å². The third kappa shape index (κ3) is 4.08. The molecule has 0 radical (unpaired) electrons. The van der Waals surface area contributed by atoms with E-state index in [4.69, 9.17) is 10.5 Å². The first-order valence-corrected chi connectivity index (χ1v) is 7.76. The first kappa shape index (κ1) is 15.1. The Bertz CT molecular complexity index is 455. The SMILES string of the molecule is CC(C)Nc1nc(N)c(C(=O)NCC2CCOCC2)s1. The van der Waals surface area contributed by atoms with Gasteiger partial charge in [0.05, 0.1) is 0 Å². The van der Waals surface area contributed by atoms with Gasteiger partial charge in [-0.15, -0.1) is 0 Å². The molecule has 0 saturated carbocycles. The zero-order valence-electron chi connectivity index (χ0n) is 11.9. The van der Waals surface area contributed by atoms with Gasteiger partial charge in [0, 0.05) is 25.8 Å². The van der Waals surface area contributed by atoms with Crippen LogP contribution in [-0.4, -0.2) is 36.7 Å². The number of rotatable bonds is 5. The molecule has 7 heteroatoms. The second-order valence-electron chi connectivity index (χ2n) is 5.30. The fourth-order valence-electron chi connectivity index (χ4n) is 2.07. The van der Waals surface area contributed by atoms with Gasteiger partial charge in [0.25, 0.3) is 5.91 Å². The topological polar surface area (TPSA) is 89.3 Å². The number of anilines is 2. The lowest BCUT2D eigenvalue weighted by Gasteiger charge is -2.21. The molecule has 1 fully saturated rings. The van der Waals surface area contributed by atoms with Gasteiger partial charge in [-0.1, -0.05) is 11.3 Å². The second kappa shape index (κ2) is 6.90. The summed E-state index contributed by atoms with van der Waals surface area (Å²) < 4.78 is 5.30. The third-order valence-electron chi connectivity index (χ3n) is 3.16. The van der Waals surface area contributed by atoms with Crippen LogP contribution in [0.4, 0.5) is 10.9 Å². The largest absolute Gasteiger partial charge is 0.382 e. The standard InChI is InChI=1S/C13H22N4O2S/c1-8(2)16-13-17-11(14)10(20-13)12(18)15-7-9-3-5-19-6-4-9/h8-9H,3-7,14H2,1-2H3,(H,15,18)(H,16,17). The Balaban J connectivity index is 1.89. The Morgan fingerprint density at radius 1 is 1.50 bits per heavy atom. The molecule has 1 amide bonds. The van der Waals surface area contributed by atoms with Crippen LogP contribution in [0.5, 0.6) is 0 Å². The summed E-state index contributed by atoms with van der Waals surface area (Å²) in [7, 11) is 0. The average Bonchev–Trinajstić information content (AvgIpc) is 2.77. The highest BCUT2D eigenvalue weighted by atomic mass is 32.1. The maximum atomic E-state index is 12.1. The summed E-state index contributed by atoms with van der Waals surface area (Å²) in [5.74, 6) is 0.654. The van der Waals surface area contributed by atoms with Gasteiger partial charge in [-0.05, 0) is 32.6 Å². The van der Waals surface area contributed by atoms with E-state index in [0.29, 0.717) is 28.3 Å². The summed E-state index contributed by atoms with van der Waals surface area (Å²) in [6.07, 6.45) is 2.00. The highest BCUT2D eigenvalue weighted by Crippen LogP contribution is 2.25. The summed E-state index contributed by atoms with van der Waals surface area (Å²) in [5, 5.41) is 6.79. The number of thiazole rings is 1. The molecule has 1 aliphatic rings. The van der Waals surface area contributed by atoms with E-state index in [9.17, 15) is 4.79 Å². The van der Waals surface area contributed by atoms with Crippen LogP contribution in [0, 0.1) is 5.92 Å². The zero-order valence-corrected chi connectivity index (χ0v) is 12.8. The minimum atomic E-state index is -0.136. The van der Waals surface area contributed by atoms with Gasteiger partial charge in [-0.25, -0.2) is 4.98 Å². The van der Waals surface area contributed by atoms with Gasteiger partial charge < -0.3 is 21.1 Å². The molecule has 6 nitrogen and oxygen atoms in total. The van der Waals surface area contributed by atoms with E-state index in [1.54, 1.807) is 0 Å². The van der Waals surface area contributed by atoms with Crippen molar-refractivity contribution >= 4 is 28.2 Å². The fourth-order valence-corrected chi connectivity index (χ4v) is 3.02. The van der Waals surface area contributed by atoms with Gasteiger partial charge in [0.15, 0.2) is 5.13 Å². The first-order chi connectivity index (χ1) is 9.56. The lowest BCUT2D eigenvalue weighted by atomic mass is 10.0. The molecule has 1 aromatic heterocycles. The predicted octanol–water partition coefficient (Wildman–Crippen LogP) is 1.70. The van der Waals surface area contributed by atoms with Crippen LogP contribution in [0.15, 0.2) is 0 Å². The molecule has 0 atom stereocenters. The highest BCUT2D eigenvalue weighted by Gasteiger charge is 2.19. The van der Waals surface area contributed by atoms with Gasteiger partial charge in [0.2, 0.25) is 0 Å². The molecule has 1 saturated heterocycles. The number of nitrogen functional groups attached to an aromatic ring is 1. The molecule has 0 spiro atoms. The molecule has 20 heavy (non-hydrogen) atoms. The van der Waals surface area contributed by atoms with Crippen LogP contribution in [0.2, 0.25) is 0 Å². The average molecular weight is 298 g/mol. The quantitative estimate of drug-likeness (QED) is 0.770. The first-order valence-electron chi connectivity index (χ1n) is 6.95. The van der Waals surface area contributed by atoms with E-state index in [0.717, 1.165) is 26.1 Å². The third-order valence-corrected chi connectivity index (χ3v) is 4.17. The molecular weight excluding hydrogens is 276 g/mol. The maximum absolute atomic E-state index is 12.1. The molecule has 2 rings (SSSR count). The van der Waals surface area contributed by atoms with Crippen LogP contribution in [0.3, 0.4) is 0 Å². The highest BCUT2D eigenvalue weighted by molar-refractivity contribution is 7.18. The van der Waals surface area contributed by atoms with Crippen molar-refractivity contribution in [2.24, 2.45) is 5.92 Å². The van der Waals surface area contributed by atoms with Crippen LogP contribution in [0.25, 0.3) is 0 Å². The summed E-state index contributed by atoms with van der Waals surface area (Å²) >= 11 is 1.30. The van der Waals surface area contributed by atoms with Crippen molar-refractivity contribution < 1.29 is 9.53 Å². The molecule has 1 aliphatic heterocycles. The van der Waals surface area contributed by atoms with E-state index in [1.165, 1.54) is 11.3 Å². The number of aromatic nitrogens is 1. The van der Waals surface area contributed by atoms with E-state index < -0.39 is 0 Å². The summed E-state index contributed by atoms with van der Waals surface area (Å²) in [6.45, 7) is 6.27. The fraction of sp³-hybridized carbons (Fsp3) is 0.692. The van der Waals surface area contributed by atoms with E-state index >= 15 is 0 Å². The molecule has 0 unspecified atom stereocenters. The number of carbonyl (C=O) groups is 1.